The monoisotopic (exact) mass is 243 g/mol. The number of halogens is 2. The first-order valence-corrected chi connectivity index (χ1v) is 5.14. The average molecular weight is 243 g/mol. The zero-order valence-corrected chi connectivity index (χ0v) is 8.86. The molecule has 0 radical (unpaired) electrons. The Morgan fingerprint density at radius 1 is 1.41 bits per heavy atom. The predicted molar refractivity (Wildman–Crippen MR) is 54.9 cm³/mol. The van der Waals surface area contributed by atoms with Crippen LogP contribution in [0.1, 0.15) is 18.0 Å². The summed E-state index contributed by atoms with van der Waals surface area (Å²) in [6.45, 7) is -2.62. The maximum absolute atomic E-state index is 12.2. The molecular weight excluding hydrogens is 232 g/mol. The van der Waals surface area contributed by atoms with E-state index in [1.165, 1.54) is 6.07 Å². The highest BCUT2D eigenvalue weighted by molar-refractivity contribution is 5.68. The summed E-state index contributed by atoms with van der Waals surface area (Å²) in [6.07, 6.45) is -0.0249. The second-order valence-corrected chi connectivity index (χ2v) is 3.54. The van der Waals surface area contributed by atoms with Gasteiger partial charge in [0.1, 0.15) is 5.75 Å². The van der Waals surface area contributed by atoms with Gasteiger partial charge >= 0.3 is 12.7 Å². The molecule has 1 aliphatic rings. The molecule has 0 unspecified atom stereocenters. The van der Waals surface area contributed by atoms with Crippen LogP contribution in [0, 0.1) is 0 Å². The number of alkyl carbamates (subject to hydrolysis) is 1. The fourth-order valence-electron chi connectivity index (χ4n) is 1.73. The van der Waals surface area contributed by atoms with Gasteiger partial charge in [-0.15, -0.1) is 0 Å². The lowest BCUT2D eigenvalue weighted by atomic mass is 10.0. The molecule has 4 nitrogen and oxygen atoms in total. The topological polar surface area (TPSA) is 47.6 Å². The molecule has 1 aromatic carbocycles. The average Bonchev–Trinajstić information content (AvgIpc) is 2.29. The van der Waals surface area contributed by atoms with Crippen molar-refractivity contribution in [3.05, 3.63) is 29.8 Å². The van der Waals surface area contributed by atoms with Crippen LogP contribution in [0.3, 0.4) is 0 Å². The second-order valence-electron chi connectivity index (χ2n) is 3.54. The molecule has 0 spiro atoms. The number of alkyl halides is 2. The minimum absolute atomic E-state index is 0.0784. The van der Waals surface area contributed by atoms with E-state index in [0.29, 0.717) is 12.0 Å². The summed E-state index contributed by atoms with van der Waals surface area (Å²) < 4.78 is 33.5. The van der Waals surface area contributed by atoms with Crippen molar-refractivity contribution in [2.45, 2.75) is 19.1 Å². The van der Waals surface area contributed by atoms with E-state index in [1.807, 2.05) is 0 Å². The Morgan fingerprint density at radius 3 is 2.88 bits per heavy atom. The van der Waals surface area contributed by atoms with Gasteiger partial charge in [-0.2, -0.15) is 8.78 Å². The zero-order valence-electron chi connectivity index (χ0n) is 8.86. The quantitative estimate of drug-likeness (QED) is 0.887. The van der Waals surface area contributed by atoms with Gasteiger partial charge in [-0.1, -0.05) is 18.2 Å². The number of ether oxygens (including phenoxy) is 2. The fourth-order valence-corrected chi connectivity index (χ4v) is 1.73. The smallest absolute Gasteiger partial charge is 0.407 e. The van der Waals surface area contributed by atoms with Gasteiger partial charge in [-0.25, -0.2) is 4.79 Å². The lowest BCUT2D eigenvalue weighted by Gasteiger charge is -2.25. The summed E-state index contributed by atoms with van der Waals surface area (Å²) in [7, 11) is 0. The summed E-state index contributed by atoms with van der Waals surface area (Å²) in [5, 5.41) is 2.56. The van der Waals surface area contributed by atoms with Crippen LogP contribution in [0.2, 0.25) is 0 Å². The van der Waals surface area contributed by atoms with E-state index in [9.17, 15) is 13.6 Å². The van der Waals surface area contributed by atoms with Crippen molar-refractivity contribution in [1.29, 1.82) is 0 Å². The van der Waals surface area contributed by atoms with Crippen molar-refractivity contribution < 1.29 is 23.0 Å². The summed E-state index contributed by atoms with van der Waals surface area (Å²) >= 11 is 0. The van der Waals surface area contributed by atoms with E-state index in [4.69, 9.17) is 4.74 Å². The molecule has 6 heteroatoms. The van der Waals surface area contributed by atoms with Crippen LogP contribution in [0.4, 0.5) is 13.6 Å². The van der Waals surface area contributed by atoms with Crippen molar-refractivity contribution in [1.82, 2.24) is 5.32 Å². The van der Waals surface area contributed by atoms with E-state index in [-0.39, 0.29) is 18.4 Å². The van der Waals surface area contributed by atoms with Crippen LogP contribution < -0.4 is 10.1 Å². The van der Waals surface area contributed by atoms with Gasteiger partial charge in [-0.3, -0.25) is 0 Å². The Kier molecular flexibility index (Phi) is 3.41. The molecule has 0 aromatic heterocycles. The lowest BCUT2D eigenvalue weighted by molar-refractivity contribution is -0.0508. The van der Waals surface area contributed by atoms with Gasteiger partial charge in [0.25, 0.3) is 0 Å². The number of hydrogen-bond donors (Lipinski definition) is 1. The van der Waals surface area contributed by atoms with Gasteiger partial charge in [0.15, 0.2) is 0 Å². The Hall–Kier alpha value is -1.85. The molecule has 0 bridgehead atoms. The van der Waals surface area contributed by atoms with Gasteiger partial charge < -0.3 is 14.8 Å². The van der Waals surface area contributed by atoms with Crippen molar-refractivity contribution in [2.24, 2.45) is 0 Å². The molecular formula is C11H11F2NO3. The molecule has 17 heavy (non-hydrogen) atoms. The van der Waals surface area contributed by atoms with Crippen LogP contribution in [0.25, 0.3) is 0 Å². The summed E-state index contributed by atoms with van der Waals surface area (Å²) in [5.74, 6) is 0.0784. The molecule has 1 aromatic rings. The summed E-state index contributed by atoms with van der Waals surface area (Å²) in [4.78, 5) is 11.1. The number of rotatable bonds is 3. The van der Waals surface area contributed by atoms with E-state index in [2.05, 4.69) is 10.1 Å². The number of benzene rings is 1. The second kappa shape index (κ2) is 4.99. The Balaban J connectivity index is 2.21. The van der Waals surface area contributed by atoms with Crippen LogP contribution >= 0.6 is 0 Å². The molecule has 2 rings (SSSR count). The molecule has 1 N–H and O–H groups in total. The maximum atomic E-state index is 12.2. The number of hydrogen-bond acceptors (Lipinski definition) is 3. The first kappa shape index (κ1) is 11.6. The number of carbonyl (C=O) groups is 1. The van der Waals surface area contributed by atoms with E-state index in [1.54, 1.807) is 18.2 Å². The third-order valence-corrected chi connectivity index (χ3v) is 2.44. The molecule has 1 atom stereocenters. The summed E-state index contributed by atoms with van der Waals surface area (Å²) in [5.41, 5.74) is 0.532. The maximum Gasteiger partial charge on any atom is 0.407 e. The highest BCUT2D eigenvalue weighted by atomic mass is 19.3. The molecule has 1 aliphatic heterocycles. The van der Waals surface area contributed by atoms with Crippen LogP contribution in [0.15, 0.2) is 24.3 Å². The summed E-state index contributed by atoms with van der Waals surface area (Å²) in [6, 6.07) is 6.04. The van der Waals surface area contributed by atoms with E-state index in [0.717, 1.165) is 0 Å². The number of carbonyl (C=O) groups excluding carboxylic acids is 1. The first-order valence-electron chi connectivity index (χ1n) is 5.14. The van der Waals surface area contributed by atoms with Crippen molar-refractivity contribution in [3.8, 4) is 5.75 Å². The lowest BCUT2D eigenvalue weighted by Crippen LogP contribution is -2.35. The number of nitrogens with one attached hydrogen (secondary N) is 1. The molecule has 1 fully saturated rings. The Bertz CT molecular complexity index is 411. The van der Waals surface area contributed by atoms with Crippen molar-refractivity contribution >= 4 is 6.09 Å². The Morgan fingerprint density at radius 2 is 2.18 bits per heavy atom. The van der Waals surface area contributed by atoms with Gasteiger partial charge in [-0.05, 0) is 6.07 Å². The molecule has 1 heterocycles. The Labute approximate surface area is 96.5 Å². The van der Waals surface area contributed by atoms with Crippen LogP contribution in [-0.2, 0) is 4.74 Å². The number of amides is 1. The fraction of sp³-hybridized carbons (Fsp3) is 0.364. The van der Waals surface area contributed by atoms with Crippen LogP contribution in [-0.4, -0.2) is 19.3 Å². The number of cyclic esters (lactones) is 1. The SMILES string of the molecule is O=C1N[C@H](c2ccccc2OC(F)F)CCO1. The van der Waals surface area contributed by atoms with Gasteiger partial charge in [0, 0.05) is 12.0 Å². The van der Waals surface area contributed by atoms with E-state index >= 15 is 0 Å². The normalized spacial score (nSPS) is 19.7. The first-order chi connectivity index (χ1) is 8.16. The van der Waals surface area contributed by atoms with Gasteiger partial charge in [0.2, 0.25) is 0 Å². The minimum atomic E-state index is -2.88. The van der Waals surface area contributed by atoms with Gasteiger partial charge in [0.05, 0.1) is 12.6 Å². The van der Waals surface area contributed by atoms with E-state index < -0.39 is 12.7 Å². The van der Waals surface area contributed by atoms with Crippen LogP contribution in [0.5, 0.6) is 5.75 Å². The molecule has 0 aliphatic carbocycles. The third kappa shape index (κ3) is 2.83. The highest BCUT2D eigenvalue weighted by Gasteiger charge is 2.24. The minimum Gasteiger partial charge on any atom is -0.449 e. The predicted octanol–water partition coefficient (Wildman–Crippen LogP) is 2.46. The molecule has 92 valence electrons. The van der Waals surface area contributed by atoms with Crippen molar-refractivity contribution in [3.63, 3.8) is 0 Å². The largest absolute Gasteiger partial charge is 0.449 e. The molecule has 0 saturated carbocycles. The highest BCUT2D eigenvalue weighted by Crippen LogP contribution is 2.29. The molecule has 1 saturated heterocycles. The standard InChI is InChI=1S/C11H11F2NO3/c12-10(13)17-9-4-2-1-3-7(9)8-5-6-16-11(15)14-8/h1-4,8,10H,5-6H2,(H,14,15)/t8-/m0/s1. The zero-order chi connectivity index (χ0) is 12.3. The number of para-hydroxylation sites is 1. The molecule has 1 amide bonds. The third-order valence-electron chi connectivity index (χ3n) is 2.44. The van der Waals surface area contributed by atoms with Crippen molar-refractivity contribution in [2.75, 3.05) is 6.61 Å².